The molecule has 2 aliphatic rings. The van der Waals surface area contributed by atoms with E-state index in [1.807, 2.05) is 32.0 Å². The summed E-state index contributed by atoms with van der Waals surface area (Å²) < 4.78 is 18.7. The number of carbonyl (C=O) groups excluding carboxylic acids is 2. The molecule has 0 saturated carbocycles. The van der Waals surface area contributed by atoms with Crippen LogP contribution in [0, 0.1) is 25.6 Å². The Morgan fingerprint density at radius 2 is 1.93 bits per heavy atom. The van der Waals surface area contributed by atoms with Crippen molar-refractivity contribution in [3.8, 4) is 6.01 Å². The molecular formula is C22H25FN4O3. The second-order valence-electron chi connectivity index (χ2n) is 8.02. The lowest BCUT2D eigenvalue weighted by molar-refractivity contribution is -0.138. The molecule has 158 valence electrons. The third kappa shape index (κ3) is 4.27. The number of hydrogen-bond donors (Lipinski definition) is 0. The summed E-state index contributed by atoms with van der Waals surface area (Å²) in [6, 6.07) is 6.03. The minimum absolute atomic E-state index is 0.0250. The van der Waals surface area contributed by atoms with Gasteiger partial charge in [-0.25, -0.2) is 14.4 Å². The number of ether oxygens (including phenoxy) is 1. The first-order chi connectivity index (χ1) is 14.4. The van der Waals surface area contributed by atoms with Gasteiger partial charge in [-0.05, 0) is 49.9 Å². The van der Waals surface area contributed by atoms with E-state index in [-0.39, 0.29) is 36.3 Å². The van der Waals surface area contributed by atoms with Gasteiger partial charge in [-0.3, -0.25) is 9.59 Å². The number of aromatic nitrogens is 2. The summed E-state index contributed by atoms with van der Waals surface area (Å²) in [5.74, 6) is -0.939. The lowest BCUT2D eigenvalue weighted by atomic mass is 10.0. The number of carbonyl (C=O) groups is 2. The molecule has 4 rings (SSSR count). The predicted octanol–water partition coefficient (Wildman–Crippen LogP) is 2.66. The van der Waals surface area contributed by atoms with Gasteiger partial charge in [0.25, 0.3) is 0 Å². The largest absolute Gasteiger partial charge is 0.458 e. The van der Waals surface area contributed by atoms with E-state index < -0.39 is 5.82 Å². The molecule has 2 fully saturated rings. The first kappa shape index (κ1) is 20.3. The Hall–Kier alpha value is -3.03. The number of piperidine rings is 1. The molecule has 8 heteroatoms. The molecule has 0 radical (unpaired) electrons. The van der Waals surface area contributed by atoms with Gasteiger partial charge >= 0.3 is 6.01 Å². The molecule has 3 heterocycles. The van der Waals surface area contributed by atoms with Gasteiger partial charge in [0.2, 0.25) is 11.8 Å². The zero-order valence-corrected chi connectivity index (χ0v) is 17.2. The summed E-state index contributed by atoms with van der Waals surface area (Å²) in [4.78, 5) is 36.8. The van der Waals surface area contributed by atoms with Crippen LogP contribution in [0.5, 0.6) is 6.01 Å². The van der Waals surface area contributed by atoms with Gasteiger partial charge in [-0.1, -0.05) is 6.07 Å². The molecule has 0 bridgehead atoms. The third-order valence-electron chi connectivity index (χ3n) is 5.83. The molecule has 2 saturated heterocycles. The summed E-state index contributed by atoms with van der Waals surface area (Å²) in [7, 11) is 0. The number of amides is 2. The van der Waals surface area contributed by atoms with E-state index in [4.69, 9.17) is 4.74 Å². The smallest absolute Gasteiger partial charge is 0.316 e. The number of nitrogens with zero attached hydrogens (tertiary/aromatic N) is 4. The highest BCUT2D eigenvalue weighted by molar-refractivity contribution is 6.00. The average Bonchev–Trinajstić information content (AvgIpc) is 3.13. The van der Waals surface area contributed by atoms with Gasteiger partial charge in [0.05, 0.1) is 24.9 Å². The summed E-state index contributed by atoms with van der Waals surface area (Å²) in [6.07, 6.45) is 3.64. The molecule has 2 atom stereocenters. The van der Waals surface area contributed by atoms with E-state index in [9.17, 15) is 14.0 Å². The van der Waals surface area contributed by atoms with Crippen molar-refractivity contribution < 1.29 is 18.7 Å². The van der Waals surface area contributed by atoms with Crippen LogP contribution in [0.15, 0.2) is 30.6 Å². The van der Waals surface area contributed by atoms with E-state index in [1.165, 1.54) is 5.56 Å². The number of likely N-dealkylation sites (tertiary alicyclic amines) is 1. The van der Waals surface area contributed by atoms with Crippen molar-refractivity contribution in [1.29, 1.82) is 0 Å². The van der Waals surface area contributed by atoms with Gasteiger partial charge in [-0.15, -0.1) is 0 Å². The number of benzene rings is 1. The third-order valence-corrected chi connectivity index (χ3v) is 5.83. The summed E-state index contributed by atoms with van der Waals surface area (Å²) >= 11 is 0. The van der Waals surface area contributed by atoms with Crippen molar-refractivity contribution in [2.75, 3.05) is 24.5 Å². The van der Waals surface area contributed by atoms with Crippen LogP contribution < -0.4 is 9.64 Å². The molecule has 2 amide bonds. The van der Waals surface area contributed by atoms with Crippen LogP contribution in [0.1, 0.15) is 30.4 Å². The fourth-order valence-electron chi connectivity index (χ4n) is 4.02. The minimum Gasteiger partial charge on any atom is -0.458 e. The Balaban J connectivity index is 1.39. The van der Waals surface area contributed by atoms with Gasteiger partial charge in [0.1, 0.15) is 6.10 Å². The summed E-state index contributed by atoms with van der Waals surface area (Å²) in [6.45, 7) is 5.48. The Kier molecular flexibility index (Phi) is 5.65. The first-order valence-corrected chi connectivity index (χ1v) is 10.2. The summed E-state index contributed by atoms with van der Waals surface area (Å²) in [5.41, 5.74) is 3.13. The Morgan fingerprint density at radius 3 is 2.67 bits per heavy atom. The molecule has 0 spiro atoms. The number of halogens is 1. The molecule has 0 N–H and O–H groups in total. The molecular weight excluding hydrogens is 387 g/mol. The Morgan fingerprint density at radius 1 is 1.17 bits per heavy atom. The van der Waals surface area contributed by atoms with Crippen molar-refractivity contribution in [2.24, 2.45) is 5.92 Å². The van der Waals surface area contributed by atoms with Crippen LogP contribution in [-0.4, -0.2) is 52.4 Å². The maximum absolute atomic E-state index is 13.1. The SMILES string of the molecule is Cc1ccc(N2CC(C(=O)N3CCCC(Oc4ncc(F)cn4)C3)CC2=O)cc1C. The number of anilines is 1. The maximum atomic E-state index is 13.1. The average molecular weight is 412 g/mol. The van der Waals surface area contributed by atoms with Crippen LogP contribution in [0.2, 0.25) is 0 Å². The second kappa shape index (κ2) is 8.38. The quantitative estimate of drug-likeness (QED) is 0.772. The molecule has 7 nitrogen and oxygen atoms in total. The summed E-state index contributed by atoms with van der Waals surface area (Å²) in [5, 5.41) is 0. The van der Waals surface area contributed by atoms with E-state index in [2.05, 4.69) is 9.97 Å². The van der Waals surface area contributed by atoms with Crippen LogP contribution in [-0.2, 0) is 9.59 Å². The highest BCUT2D eigenvalue weighted by Crippen LogP contribution is 2.29. The second-order valence-corrected chi connectivity index (χ2v) is 8.02. The predicted molar refractivity (Wildman–Crippen MR) is 109 cm³/mol. The van der Waals surface area contributed by atoms with Crippen LogP contribution in [0.3, 0.4) is 0 Å². The number of rotatable bonds is 4. The van der Waals surface area contributed by atoms with Crippen molar-refractivity contribution in [3.05, 3.63) is 47.5 Å². The fraction of sp³-hybridized carbons (Fsp3) is 0.455. The lowest BCUT2D eigenvalue weighted by Crippen LogP contribution is -2.47. The van der Waals surface area contributed by atoms with Gasteiger partial charge in [0, 0.05) is 25.2 Å². The normalized spacial score (nSPS) is 21.8. The Bertz CT molecular complexity index is 950. The van der Waals surface area contributed by atoms with E-state index >= 15 is 0 Å². The van der Waals surface area contributed by atoms with Crippen molar-refractivity contribution in [3.63, 3.8) is 0 Å². The van der Waals surface area contributed by atoms with Gasteiger partial charge in [0.15, 0.2) is 5.82 Å². The van der Waals surface area contributed by atoms with E-state index in [0.29, 0.717) is 19.6 Å². The maximum Gasteiger partial charge on any atom is 0.316 e. The first-order valence-electron chi connectivity index (χ1n) is 10.2. The van der Waals surface area contributed by atoms with Crippen LogP contribution in [0.4, 0.5) is 10.1 Å². The lowest BCUT2D eigenvalue weighted by Gasteiger charge is -2.33. The number of hydrogen-bond acceptors (Lipinski definition) is 5. The molecule has 2 aromatic rings. The van der Waals surface area contributed by atoms with Crippen molar-refractivity contribution in [1.82, 2.24) is 14.9 Å². The Labute approximate surface area is 174 Å². The fourth-order valence-corrected chi connectivity index (χ4v) is 4.02. The molecule has 0 aliphatic carbocycles. The standard InChI is InChI=1S/C22H25FN4O3/c1-14-5-6-18(8-15(14)2)27-12-16(9-20(27)28)21(29)26-7-3-4-19(13-26)30-22-24-10-17(23)11-25-22/h5-6,8,10-11,16,19H,3-4,7,9,12-13H2,1-2H3. The molecule has 1 aromatic heterocycles. The van der Waals surface area contributed by atoms with Crippen molar-refractivity contribution >= 4 is 17.5 Å². The molecule has 1 aromatic carbocycles. The zero-order valence-electron chi connectivity index (χ0n) is 17.2. The van der Waals surface area contributed by atoms with E-state index in [0.717, 1.165) is 36.5 Å². The highest BCUT2D eigenvalue weighted by Gasteiger charge is 2.38. The minimum atomic E-state index is -0.526. The number of aryl methyl sites for hydroxylation is 2. The van der Waals surface area contributed by atoms with Crippen LogP contribution in [0.25, 0.3) is 0 Å². The molecule has 2 aliphatic heterocycles. The topological polar surface area (TPSA) is 75.6 Å². The molecule has 2 unspecified atom stereocenters. The monoisotopic (exact) mass is 412 g/mol. The highest BCUT2D eigenvalue weighted by atomic mass is 19.1. The van der Waals surface area contributed by atoms with E-state index in [1.54, 1.807) is 9.80 Å². The zero-order chi connectivity index (χ0) is 21.3. The van der Waals surface area contributed by atoms with Crippen LogP contribution >= 0.6 is 0 Å². The van der Waals surface area contributed by atoms with Crippen molar-refractivity contribution in [2.45, 2.75) is 39.2 Å². The van der Waals surface area contributed by atoms with Gasteiger partial charge in [-0.2, -0.15) is 0 Å². The van der Waals surface area contributed by atoms with Gasteiger partial charge < -0.3 is 14.5 Å². The molecule has 30 heavy (non-hydrogen) atoms.